The monoisotopic (exact) mass is 480 g/mol. The zero-order valence-electron chi connectivity index (χ0n) is 19.1. The van der Waals surface area contributed by atoms with Crippen molar-refractivity contribution in [3.63, 3.8) is 0 Å². The maximum Gasteiger partial charge on any atom is 0.263 e. The van der Waals surface area contributed by atoms with Gasteiger partial charge in [0.1, 0.15) is 11.7 Å². The lowest BCUT2D eigenvalue weighted by Crippen LogP contribution is -2.44. The molecule has 0 bridgehead atoms. The quantitative estimate of drug-likeness (QED) is 0.491. The van der Waals surface area contributed by atoms with Gasteiger partial charge in [0.2, 0.25) is 11.8 Å². The summed E-state index contributed by atoms with van der Waals surface area (Å²) in [6.07, 6.45) is 1.58. The fraction of sp³-hybridized carbons (Fsp3) is 0.375. The number of carbonyl (C=O) groups excluding carboxylic acids is 2. The average Bonchev–Trinajstić information content (AvgIpc) is 2.87. The molecule has 1 aliphatic heterocycles. The Morgan fingerprint density at radius 3 is 2.94 bits per heavy atom. The van der Waals surface area contributed by atoms with Gasteiger partial charge in [0.05, 0.1) is 24.0 Å². The molecule has 4 heterocycles. The van der Waals surface area contributed by atoms with Crippen LogP contribution in [0.5, 0.6) is 11.6 Å². The number of amides is 2. The minimum atomic E-state index is -1.19. The largest absolute Gasteiger partial charge is 0.481 e. The van der Waals surface area contributed by atoms with E-state index in [1.54, 1.807) is 36.5 Å². The van der Waals surface area contributed by atoms with Crippen molar-refractivity contribution in [3.8, 4) is 11.6 Å². The molecule has 10 nitrogen and oxygen atoms in total. The average molecular weight is 481 g/mol. The second-order valence-electron chi connectivity index (χ2n) is 8.57. The second kappa shape index (κ2) is 9.79. The lowest BCUT2D eigenvalue weighted by Gasteiger charge is -2.31. The van der Waals surface area contributed by atoms with E-state index in [4.69, 9.17) is 9.47 Å². The van der Waals surface area contributed by atoms with Crippen LogP contribution < -0.4 is 25.4 Å². The molecule has 35 heavy (non-hydrogen) atoms. The molecule has 3 aromatic heterocycles. The number of hydrogen-bond acceptors (Lipinski definition) is 8. The van der Waals surface area contributed by atoms with Gasteiger partial charge in [-0.05, 0) is 43.5 Å². The van der Waals surface area contributed by atoms with E-state index in [9.17, 15) is 14.0 Å². The minimum Gasteiger partial charge on any atom is -0.481 e. The lowest BCUT2D eigenvalue weighted by atomic mass is 9.84. The Labute approximate surface area is 200 Å². The third kappa shape index (κ3) is 4.99. The number of nitrogens with one attached hydrogen (secondary N) is 3. The summed E-state index contributed by atoms with van der Waals surface area (Å²) >= 11 is 0. The molecule has 1 aliphatic carbocycles. The topological polar surface area (TPSA) is 127 Å². The van der Waals surface area contributed by atoms with Gasteiger partial charge in [0, 0.05) is 30.8 Å². The highest BCUT2D eigenvalue weighted by molar-refractivity contribution is 6.00. The Morgan fingerprint density at radius 1 is 1.23 bits per heavy atom. The number of carbonyl (C=O) groups is 2. The van der Waals surface area contributed by atoms with E-state index in [1.807, 2.05) is 0 Å². The van der Waals surface area contributed by atoms with Crippen LogP contribution in [0.25, 0.3) is 11.0 Å². The van der Waals surface area contributed by atoms with Crippen LogP contribution in [-0.4, -0.2) is 52.7 Å². The molecular weight excluding hydrogens is 455 g/mol. The highest BCUT2D eigenvalue weighted by Gasteiger charge is 2.34. The van der Waals surface area contributed by atoms with E-state index in [0.717, 1.165) is 0 Å². The summed E-state index contributed by atoms with van der Waals surface area (Å²) < 4.78 is 25.5. The van der Waals surface area contributed by atoms with Crippen molar-refractivity contribution in [1.82, 2.24) is 20.3 Å². The van der Waals surface area contributed by atoms with Crippen molar-refractivity contribution < 1.29 is 23.5 Å². The first-order valence-corrected chi connectivity index (χ1v) is 11.4. The van der Waals surface area contributed by atoms with Crippen molar-refractivity contribution in [3.05, 3.63) is 42.2 Å². The molecule has 0 aromatic carbocycles. The van der Waals surface area contributed by atoms with Gasteiger partial charge in [-0.25, -0.2) is 14.4 Å². The van der Waals surface area contributed by atoms with E-state index in [-0.39, 0.29) is 24.8 Å². The zero-order chi connectivity index (χ0) is 24.4. The summed E-state index contributed by atoms with van der Waals surface area (Å²) in [5.74, 6) is 0.346. The standard InChI is InChI=1S/C24H25FN6O4/c1-34-21-7-5-17-22(31-21)18(8-9-26-17)29-24(33)13-2-4-16(15(25)10-13)27-11-14-3-6-19-23(28-14)30-20(32)12-35-19/h3,5-9,13,15-16,27H,2,4,10-12H2,1H3,(H,26,29,33)(H,28,30,32)/t13-,15+,16-/m1/s1. The van der Waals surface area contributed by atoms with Crippen molar-refractivity contribution in [2.75, 3.05) is 24.4 Å². The smallest absolute Gasteiger partial charge is 0.263 e. The van der Waals surface area contributed by atoms with Gasteiger partial charge in [0.25, 0.3) is 5.91 Å². The molecule has 2 aliphatic rings. The van der Waals surface area contributed by atoms with Crippen molar-refractivity contribution in [2.24, 2.45) is 5.92 Å². The highest BCUT2D eigenvalue weighted by Crippen LogP contribution is 2.30. The summed E-state index contributed by atoms with van der Waals surface area (Å²) in [7, 11) is 1.52. The van der Waals surface area contributed by atoms with Crippen LogP contribution in [-0.2, 0) is 16.1 Å². The van der Waals surface area contributed by atoms with Crippen LogP contribution in [0.15, 0.2) is 36.5 Å². The predicted octanol–water partition coefficient (Wildman–Crippen LogP) is 2.60. The number of nitrogens with zero attached hydrogens (tertiary/aromatic N) is 3. The van der Waals surface area contributed by atoms with E-state index < -0.39 is 18.1 Å². The van der Waals surface area contributed by atoms with Gasteiger partial charge in [-0.1, -0.05) is 0 Å². The summed E-state index contributed by atoms with van der Waals surface area (Å²) in [4.78, 5) is 37.4. The van der Waals surface area contributed by atoms with E-state index >= 15 is 0 Å². The maximum absolute atomic E-state index is 15.0. The van der Waals surface area contributed by atoms with Crippen LogP contribution >= 0.6 is 0 Å². The van der Waals surface area contributed by atoms with Gasteiger partial charge in [-0.3, -0.25) is 14.6 Å². The number of ether oxygens (including phenoxy) is 2. The SMILES string of the molecule is COc1ccc2nccc(NC(=O)[C@@H]3CC[C@@H](NCc4ccc5c(n4)NC(=O)CO5)[C@@H](F)C3)c2n1. The molecule has 0 unspecified atom stereocenters. The molecule has 11 heteroatoms. The maximum atomic E-state index is 15.0. The molecular formula is C24H25FN6O4. The summed E-state index contributed by atoms with van der Waals surface area (Å²) in [6, 6.07) is 8.26. The molecule has 5 rings (SSSR count). The Bertz CT molecular complexity index is 1270. The highest BCUT2D eigenvalue weighted by atomic mass is 19.1. The third-order valence-corrected chi connectivity index (χ3v) is 6.25. The third-order valence-electron chi connectivity index (χ3n) is 6.25. The molecule has 3 N–H and O–H groups in total. The van der Waals surface area contributed by atoms with Crippen molar-refractivity contribution in [2.45, 2.75) is 38.0 Å². The number of methoxy groups -OCH3 is 1. The van der Waals surface area contributed by atoms with Crippen molar-refractivity contribution >= 4 is 34.4 Å². The fourth-order valence-corrected chi connectivity index (χ4v) is 4.38. The minimum absolute atomic E-state index is 0.0330. The molecule has 1 saturated carbocycles. The normalized spacial score (nSPS) is 21.5. The number of fused-ring (bicyclic) bond motifs is 2. The number of pyridine rings is 3. The predicted molar refractivity (Wildman–Crippen MR) is 126 cm³/mol. The van der Waals surface area contributed by atoms with Crippen LogP contribution in [0.3, 0.4) is 0 Å². The van der Waals surface area contributed by atoms with Crippen molar-refractivity contribution in [1.29, 1.82) is 0 Å². The molecule has 0 spiro atoms. The number of aromatic nitrogens is 3. The first-order chi connectivity index (χ1) is 17.0. The summed E-state index contributed by atoms with van der Waals surface area (Å²) in [5, 5.41) is 8.75. The van der Waals surface area contributed by atoms with Crippen LogP contribution in [0.2, 0.25) is 0 Å². The van der Waals surface area contributed by atoms with Gasteiger partial charge in [0.15, 0.2) is 18.2 Å². The molecule has 1 fully saturated rings. The number of alkyl halides is 1. The second-order valence-corrected chi connectivity index (χ2v) is 8.57. The first kappa shape index (κ1) is 22.9. The summed E-state index contributed by atoms with van der Waals surface area (Å²) in [6.45, 7) is 0.302. The zero-order valence-corrected chi connectivity index (χ0v) is 19.1. The first-order valence-electron chi connectivity index (χ1n) is 11.4. The molecule has 2 amide bonds. The Balaban J connectivity index is 1.18. The number of anilines is 2. The van der Waals surface area contributed by atoms with E-state index in [2.05, 4.69) is 30.9 Å². The molecule has 0 saturated heterocycles. The van der Waals surface area contributed by atoms with Crippen LogP contribution in [0.1, 0.15) is 25.0 Å². The Hall–Kier alpha value is -3.86. The fourth-order valence-electron chi connectivity index (χ4n) is 4.38. The van der Waals surface area contributed by atoms with Gasteiger partial charge >= 0.3 is 0 Å². The van der Waals surface area contributed by atoms with Crippen LogP contribution in [0, 0.1) is 5.92 Å². The van der Waals surface area contributed by atoms with E-state index in [1.165, 1.54) is 7.11 Å². The van der Waals surface area contributed by atoms with E-state index in [0.29, 0.717) is 59.2 Å². The molecule has 3 atom stereocenters. The molecule has 182 valence electrons. The number of rotatable bonds is 6. The van der Waals surface area contributed by atoms with Gasteiger partial charge in [-0.15, -0.1) is 0 Å². The lowest BCUT2D eigenvalue weighted by molar-refractivity contribution is -0.121. The number of halogens is 1. The van der Waals surface area contributed by atoms with Gasteiger partial charge < -0.3 is 25.4 Å². The molecule has 0 radical (unpaired) electrons. The Kier molecular flexibility index (Phi) is 6.41. The molecule has 3 aromatic rings. The van der Waals surface area contributed by atoms with Gasteiger partial charge in [-0.2, -0.15) is 0 Å². The summed E-state index contributed by atoms with van der Waals surface area (Å²) in [5.41, 5.74) is 2.33. The number of hydrogen-bond donors (Lipinski definition) is 3. The van der Waals surface area contributed by atoms with Crippen LogP contribution in [0.4, 0.5) is 15.9 Å². The Morgan fingerprint density at radius 2 is 2.11 bits per heavy atom.